The lowest BCUT2D eigenvalue weighted by Gasteiger charge is -2.33. The third-order valence-electron chi connectivity index (χ3n) is 6.17. The second-order valence-electron chi connectivity index (χ2n) is 8.24. The molecule has 6 nitrogen and oxygen atoms in total. The first-order valence-corrected chi connectivity index (χ1v) is 11.7. The molecule has 1 aromatic heterocycles. The number of ether oxygens (including phenoxy) is 1. The predicted molar refractivity (Wildman–Crippen MR) is 134 cm³/mol. The maximum Gasteiger partial charge on any atom is 0.207 e. The first-order valence-electron chi connectivity index (χ1n) is 11.3. The molecule has 0 amide bonds. The third kappa shape index (κ3) is 4.55. The van der Waals surface area contributed by atoms with E-state index in [-0.39, 0.29) is 0 Å². The van der Waals surface area contributed by atoms with E-state index in [0.29, 0.717) is 4.77 Å². The van der Waals surface area contributed by atoms with Crippen molar-refractivity contribution in [2.45, 2.75) is 6.67 Å². The van der Waals surface area contributed by atoms with E-state index in [1.807, 2.05) is 47.1 Å². The molecule has 5 rings (SSSR count). The van der Waals surface area contributed by atoms with Crippen LogP contribution in [0.3, 0.4) is 0 Å². The van der Waals surface area contributed by atoms with Gasteiger partial charge >= 0.3 is 0 Å². The van der Waals surface area contributed by atoms with Gasteiger partial charge in [0.05, 0.1) is 33.3 Å². The molecule has 1 fully saturated rings. The van der Waals surface area contributed by atoms with Crippen LogP contribution in [0.15, 0.2) is 84.9 Å². The van der Waals surface area contributed by atoms with Gasteiger partial charge in [-0.1, -0.05) is 36.4 Å². The fourth-order valence-electron chi connectivity index (χ4n) is 4.34. The maximum absolute atomic E-state index is 5.93. The number of rotatable bonds is 6. The van der Waals surface area contributed by atoms with Crippen LogP contribution in [-0.4, -0.2) is 47.6 Å². The summed E-state index contributed by atoms with van der Waals surface area (Å²) in [5.74, 6) is 1.67. The zero-order valence-corrected chi connectivity index (χ0v) is 19.5. The predicted octanol–water partition coefficient (Wildman–Crippen LogP) is 3.44. The largest absolute Gasteiger partial charge is 0.497 e. The summed E-state index contributed by atoms with van der Waals surface area (Å²) < 4.78 is 10.1. The van der Waals surface area contributed by atoms with Crippen molar-refractivity contribution in [2.24, 2.45) is 0 Å². The van der Waals surface area contributed by atoms with E-state index >= 15 is 0 Å². The highest BCUT2D eigenvalue weighted by Gasteiger charge is 2.23. The maximum atomic E-state index is 5.93. The first-order chi connectivity index (χ1) is 16.2. The van der Waals surface area contributed by atoms with E-state index in [2.05, 4.69) is 51.9 Å². The number of quaternary nitrogens is 1. The van der Waals surface area contributed by atoms with Crippen LogP contribution in [0.2, 0.25) is 0 Å². The molecule has 4 aromatic rings. The molecule has 0 saturated carbocycles. The van der Waals surface area contributed by atoms with E-state index in [1.165, 1.54) is 10.6 Å². The molecule has 0 aliphatic carbocycles. The quantitative estimate of drug-likeness (QED) is 0.450. The number of benzene rings is 3. The van der Waals surface area contributed by atoms with Crippen molar-refractivity contribution in [3.63, 3.8) is 0 Å². The molecule has 2 heterocycles. The van der Waals surface area contributed by atoms with Gasteiger partial charge in [-0.3, -0.25) is 4.57 Å². The second-order valence-corrected chi connectivity index (χ2v) is 8.60. The Labute approximate surface area is 199 Å². The van der Waals surface area contributed by atoms with Crippen LogP contribution in [-0.2, 0) is 6.67 Å². The Balaban J connectivity index is 1.41. The Kier molecular flexibility index (Phi) is 6.24. The monoisotopic (exact) mass is 458 g/mol. The number of piperazine rings is 1. The van der Waals surface area contributed by atoms with Crippen molar-refractivity contribution in [1.29, 1.82) is 0 Å². The van der Waals surface area contributed by atoms with Gasteiger partial charge in [0.15, 0.2) is 12.5 Å². The Hall–Kier alpha value is -3.42. The molecule has 1 N–H and O–H groups in total. The van der Waals surface area contributed by atoms with Crippen LogP contribution in [0.4, 0.5) is 5.69 Å². The van der Waals surface area contributed by atoms with Crippen LogP contribution in [0.5, 0.6) is 5.75 Å². The summed E-state index contributed by atoms with van der Waals surface area (Å²) in [5.41, 5.74) is 3.32. The van der Waals surface area contributed by atoms with Gasteiger partial charge in [0.25, 0.3) is 0 Å². The molecule has 0 radical (unpaired) electrons. The lowest BCUT2D eigenvalue weighted by Crippen LogP contribution is -3.14. The first kappa shape index (κ1) is 21.4. The van der Waals surface area contributed by atoms with Crippen molar-refractivity contribution in [3.8, 4) is 22.8 Å². The van der Waals surface area contributed by atoms with Crippen LogP contribution in [0.1, 0.15) is 0 Å². The molecule has 1 aliphatic rings. The van der Waals surface area contributed by atoms with E-state index in [1.54, 1.807) is 7.11 Å². The Morgan fingerprint density at radius 2 is 1.45 bits per heavy atom. The highest BCUT2D eigenvalue weighted by molar-refractivity contribution is 7.71. The summed E-state index contributed by atoms with van der Waals surface area (Å²) in [6, 6.07) is 28.8. The summed E-state index contributed by atoms with van der Waals surface area (Å²) in [6.45, 7) is 4.90. The zero-order valence-electron chi connectivity index (χ0n) is 18.7. The van der Waals surface area contributed by atoms with Gasteiger partial charge in [0, 0.05) is 16.9 Å². The number of anilines is 1. The standard InChI is InChI=1S/C26H27N5OS/c1-32-24-14-12-21(13-15-24)25-27-30(26(33)31(25)23-10-6-3-7-11-23)20-28-16-18-29(19-17-28)22-8-4-2-5-9-22/h2-15H,16-20H2,1H3/p+1. The molecular formula is C26H28N5OS+. The molecule has 0 spiro atoms. The van der Waals surface area contributed by atoms with Gasteiger partial charge in [-0.05, 0) is 60.7 Å². The minimum Gasteiger partial charge on any atom is -0.497 e. The highest BCUT2D eigenvalue weighted by Crippen LogP contribution is 2.24. The Morgan fingerprint density at radius 3 is 2.06 bits per heavy atom. The minimum atomic E-state index is 0.713. The van der Waals surface area contributed by atoms with Crippen molar-refractivity contribution >= 4 is 17.9 Å². The number of para-hydroxylation sites is 2. The topological polar surface area (TPSA) is 39.7 Å². The van der Waals surface area contributed by atoms with Gasteiger partial charge in [-0.25, -0.2) is 0 Å². The highest BCUT2D eigenvalue weighted by atomic mass is 32.1. The van der Waals surface area contributed by atoms with Crippen LogP contribution >= 0.6 is 12.2 Å². The van der Waals surface area contributed by atoms with Crippen molar-refractivity contribution in [2.75, 3.05) is 38.2 Å². The number of hydrogen-bond acceptors (Lipinski definition) is 4. The molecular weight excluding hydrogens is 430 g/mol. The smallest absolute Gasteiger partial charge is 0.207 e. The van der Waals surface area contributed by atoms with Crippen LogP contribution in [0, 0.1) is 4.77 Å². The number of nitrogens with one attached hydrogen (secondary N) is 1. The van der Waals surface area contributed by atoms with Gasteiger partial charge in [-0.15, -0.1) is 5.10 Å². The summed E-state index contributed by atoms with van der Waals surface area (Å²) in [4.78, 5) is 3.94. The van der Waals surface area contributed by atoms with Crippen molar-refractivity contribution in [3.05, 3.63) is 89.7 Å². The van der Waals surface area contributed by atoms with Gasteiger partial charge in [0.2, 0.25) is 4.77 Å². The lowest BCUT2D eigenvalue weighted by molar-refractivity contribution is -0.924. The summed E-state index contributed by atoms with van der Waals surface area (Å²) >= 11 is 5.93. The van der Waals surface area contributed by atoms with Gasteiger partial charge < -0.3 is 14.5 Å². The molecule has 1 aliphatic heterocycles. The SMILES string of the molecule is COc1ccc(-c2nn(C[NH+]3CCN(c4ccccc4)CC3)c(=S)n2-c2ccccc2)cc1. The van der Waals surface area contributed by atoms with Crippen molar-refractivity contribution in [1.82, 2.24) is 14.3 Å². The molecule has 0 unspecified atom stereocenters. The number of hydrogen-bond donors (Lipinski definition) is 1. The van der Waals surface area contributed by atoms with Gasteiger partial charge in [0.1, 0.15) is 5.75 Å². The minimum absolute atomic E-state index is 0.713. The van der Waals surface area contributed by atoms with Crippen LogP contribution < -0.4 is 14.5 Å². The van der Waals surface area contributed by atoms with E-state index in [4.69, 9.17) is 22.1 Å². The molecule has 0 atom stereocenters. The fourth-order valence-corrected chi connectivity index (χ4v) is 4.63. The van der Waals surface area contributed by atoms with Crippen molar-refractivity contribution < 1.29 is 9.64 Å². The molecule has 7 heteroatoms. The lowest BCUT2D eigenvalue weighted by atomic mass is 10.2. The fraction of sp³-hybridized carbons (Fsp3) is 0.231. The third-order valence-corrected chi connectivity index (χ3v) is 6.56. The number of aromatic nitrogens is 3. The second kappa shape index (κ2) is 9.60. The van der Waals surface area contributed by atoms with E-state index in [9.17, 15) is 0 Å². The number of methoxy groups -OCH3 is 1. The molecule has 33 heavy (non-hydrogen) atoms. The average Bonchev–Trinajstić information content (AvgIpc) is 3.21. The number of nitrogens with zero attached hydrogens (tertiary/aromatic N) is 4. The molecule has 1 saturated heterocycles. The van der Waals surface area contributed by atoms with E-state index in [0.717, 1.165) is 55.7 Å². The normalized spacial score (nSPS) is 14.4. The summed E-state index contributed by atoms with van der Waals surface area (Å²) in [5, 5.41) is 4.98. The van der Waals surface area contributed by atoms with Gasteiger partial charge in [-0.2, -0.15) is 4.68 Å². The summed E-state index contributed by atoms with van der Waals surface area (Å²) in [7, 11) is 1.68. The molecule has 0 bridgehead atoms. The van der Waals surface area contributed by atoms with E-state index < -0.39 is 0 Å². The molecule has 168 valence electrons. The Bertz CT molecular complexity index is 1240. The molecule has 3 aromatic carbocycles. The zero-order chi connectivity index (χ0) is 22.6. The van der Waals surface area contributed by atoms with Crippen LogP contribution in [0.25, 0.3) is 17.1 Å². The Morgan fingerprint density at radius 1 is 0.848 bits per heavy atom. The average molecular weight is 459 g/mol. The summed E-state index contributed by atoms with van der Waals surface area (Å²) in [6.07, 6.45) is 0.